The first-order valence-corrected chi connectivity index (χ1v) is 12.7. The molecule has 0 radical (unpaired) electrons. The number of allylic oxidation sites excluding steroid dienone is 12. The Morgan fingerprint density at radius 1 is 0.656 bits per heavy atom. The highest BCUT2D eigenvalue weighted by Gasteiger charge is 2.15. The van der Waals surface area contributed by atoms with Crippen LogP contribution in [0, 0.1) is 11.8 Å². The van der Waals surface area contributed by atoms with Crippen LogP contribution in [0.2, 0.25) is 0 Å². The lowest BCUT2D eigenvalue weighted by Gasteiger charge is -2.21. The molecule has 0 spiro atoms. The van der Waals surface area contributed by atoms with Crippen molar-refractivity contribution < 1.29 is 0 Å². The molecule has 2 atom stereocenters. The van der Waals surface area contributed by atoms with E-state index in [1.165, 1.54) is 57.4 Å². The monoisotopic (exact) mass is 426 g/mol. The number of hydrogen-bond acceptors (Lipinski definition) is 0. The summed E-state index contributed by atoms with van der Waals surface area (Å²) in [6.45, 7) is 13.7. The van der Waals surface area contributed by atoms with Gasteiger partial charge in [0.15, 0.2) is 0 Å². The average Bonchev–Trinajstić information content (AvgIpc) is 2.82. The van der Waals surface area contributed by atoms with Gasteiger partial charge in [0.2, 0.25) is 0 Å². The molecule has 0 amide bonds. The molecule has 170 valence electrons. The second-order valence-electron chi connectivity index (χ2n) is 9.99. The second-order valence-corrected chi connectivity index (χ2v) is 9.99. The molecule has 0 N–H and O–H groups in total. The first kappa shape index (κ1) is 24.3. The Hall–Kier alpha value is -2.34. The maximum absolute atomic E-state index is 2.38. The van der Waals surface area contributed by atoms with Crippen LogP contribution in [0.4, 0.5) is 0 Å². The van der Waals surface area contributed by atoms with Crippen molar-refractivity contribution in [3.63, 3.8) is 0 Å². The minimum Gasteiger partial charge on any atom is -0.0772 e. The molecule has 0 bridgehead atoms. The van der Waals surface area contributed by atoms with Crippen LogP contribution >= 0.6 is 0 Å². The van der Waals surface area contributed by atoms with Gasteiger partial charge in [-0.2, -0.15) is 0 Å². The van der Waals surface area contributed by atoms with Crippen molar-refractivity contribution in [3.8, 4) is 0 Å². The van der Waals surface area contributed by atoms with Crippen molar-refractivity contribution in [2.24, 2.45) is 11.8 Å². The molecule has 2 aliphatic carbocycles. The topological polar surface area (TPSA) is 0 Å². The Morgan fingerprint density at radius 3 is 1.31 bits per heavy atom. The molecule has 2 unspecified atom stereocenters. The van der Waals surface area contributed by atoms with Crippen molar-refractivity contribution in [1.82, 2.24) is 0 Å². The van der Waals surface area contributed by atoms with E-state index < -0.39 is 0 Å². The molecule has 2 aliphatic rings. The standard InChI is InChI=1S/C32H42/c1-7-23(3)21-31(27-13-9-25(5)10-14-27)29-17-19-30(20-18-29)32(22-24(4)8-2)28-15-11-26(6)12-16-28/h9-13,15,17-20,23-24H,7-8,14,16,21-22H2,1-6H3/b31-27-,32-28-. The predicted molar refractivity (Wildman–Crippen MR) is 143 cm³/mol. The van der Waals surface area contributed by atoms with E-state index in [1.807, 2.05) is 0 Å². The fraction of sp³-hybridized carbons (Fsp3) is 0.438. The number of hydrogen-bond donors (Lipinski definition) is 0. The van der Waals surface area contributed by atoms with Gasteiger partial charge in [0, 0.05) is 0 Å². The predicted octanol–water partition coefficient (Wildman–Crippen LogP) is 9.88. The van der Waals surface area contributed by atoms with Crippen LogP contribution < -0.4 is 0 Å². The molecule has 0 saturated heterocycles. The largest absolute Gasteiger partial charge is 0.0772 e. The Bertz CT molecular complexity index is 888. The highest BCUT2D eigenvalue weighted by atomic mass is 14.2. The van der Waals surface area contributed by atoms with Crippen molar-refractivity contribution in [2.75, 3.05) is 0 Å². The maximum atomic E-state index is 2.38. The molecule has 0 heterocycles. The first-order valence-electron chi connectivity index (χ1n) is 12.7. The zero-order chi connectivity index (χ0) is 23.1. The summed E-state index contributed by atoms with van der Waals surface area (Å²) in [5.41, 5.74) is 11.6. The average molecular weight is 427 g/mol. The Labute approximate surface area is 197 Å². The van der Waals surface area contributed by atoms with Gasteiger partial charge in [0.25, 0.3) is 0 Å². The van der Waals surface area contributed by atoms with E-state index >= 15 is 0 Å². The molecule has 0 heteroatoms. The lowest BCUT2D eigenvalue weighted by Crippen LogP contribution is -2.02. The quantitative estimate of drug-likeness (QED) is 0.388. The van der Waals surface area contributed by atoms with E-state index in [-0.39, 0.29) is 0 Å². The zero-order valence-corrected chi connectivity index (χ0v) is 21.2. The SMILES string of the molecule is CCC(C)C/C(=C1\C=CC(C)=CC1)c1ccc(/C(CC(C)CC)=C2/C=CC(C)=CC2)cc1. The summed E-state index contributed by atoms with van der Waals surface area (Å²) in [4.78, 5) is 0. The Kier molecular flexibility index (Phi) is 8.74. The van der Waals surface area contributed by atoms with Gasteiger partial charge in [-0.3, -0.25) is 0 Å². The maximum Gasteiger partial charge on any atom is -0.00888 e. The second kappa shape index (κ2) is 11.5. The van der Waals surface area contributed by atoms with E-state index in [0.29, 0.717) is 11.8 Å². The zero-order valence-electron chi connectivity index (χ0n) is 21.2. The van der Waals surface area contributed by atoms with Crippen molar-refractivity contribution in [1.29, 1.82) is 0 Å². The summed E-state index contributed by atoms with van der Waals surface area (Å²) in [5, 5.41) is 0. The lowest BCUT2D eigenvalue weighted by atomic mass is 9.84. The van der Waals surface area contributed by atoms with Gasteiger partial charge in [0.05, 0.1) is 0 Å². The van der Waals surface area contributed by atoms with Gasteiger partial charge in [-0.15, -0.1) is 0 Å². The molecule has 0 aliphatic heterocycles. The highest BCUT2D eigenvalue weighted by Crippen LogP contribution is 2.35. The summed E-state index contributed by atoms with van der Waals surface area (Å²) < 4.78 is 0. The molecule has 0 saturated carbocycles. The van der Waals surface area contributed by atoms with Gasteiger partial charge in [-0.25, -0.2) is 0 Å². The third kappa shape index (κ3) is 6.35. The van der Waals surface area contributed by atoms with Gasteiger partial charge < -0.3 is 0 Å². The third-order valence-corrected chi connectivity index (χ3v) is 7.24. The smallest absolute Gasteiger partial charge is 0.00888 e. The van der Waals surface area contributed by atoms with Crippen LogP contribution in [0.25, 0.3) is 11.1 Å². The van der Waals surface area contributed by atoms with Gasteiger partial charge in [-0.05, 0) is 84.8 Å². The first-order chi connectivity index (χ1) is 15.4. The molecule has 32 heavy (non-hydrogen) atoms. The summed E-state index contributed by atoms with van der Waals surface area (Å²) in [5.74, 6) is 1.39. The molecule has 0 fully saturated rings. The van der Waals surface area contributed by atoms with Gasteiger partial charge in [0.1, 0.15) is 0 Å². The summed E-state index contributed by atoms with van der Waals surface area (Å²) >= 11 is 0. The van der Waals surface area contributed by atoms with Crippen molar-refractivity contribution in [2.45, 2.75) is 80.1 Å². The molecule has 3 rings (SSSR count). The van der Waals surface area contributed by atoms with Crippen molar-refractivity contribution >= 4 is 11.1 Å². The van der Waals surface area contributed by atoms with E-state index in [4.69, 9.17) is 0 Å². The van der Waals surface area contributed by atoms with E-state index in [9.17, 15) is 0 Å². The molecular weight excluding hydrogens is 384 g/mol. The third-order valence-electron chi connectivity index (χ3n) is 7.24. The molecule has 1 aromatic carbocycles. The fourth-order valence-corrected chi connectivity index (χ4v) is 4.45. The van der Waals surface area contributed by atoms with Crippen LogP contribution in [-0.2, 0) is 0 Å². The number of rotatable bonds is 8. The van der Waals surface area contributed by atoms with E-state index in [1.54, 1.807) is 0 Å². The molecule has 0 aromatic heterocycles. The minimum atomic E-state index is 0.697. The lowest BCUT2D eigenvalue weighted by molar-refractivity contribution is 0.578. The molecular formula is C32H42. The summed E-state index contributed by atoms with van der Waals surface area (Å²) in [7, 11) is 0. The Balaban J connectivity index is 1.97. The minimum absolute atomic E-state index is 0.697. The van der Waals surface area contributed by atoms with Crippen LogP contribution in [0.5, 0.6) is 0 Å². The van der Waals surface area contributed by atoms with Crippen LogP contribution in [0.3, 0.4) is 0 Å². The van der Waals surface area contributed by atoms with E-state index in [2.05, 4.69) is 102 Å². The van der Waals surface area contributed by atoms with Crippen LogP contribution in [0.15, 0.2) is 83.0 Å². The van der Waals surface area contributed by atoms with Gasteiger partial charge >= 0.3 is 0 Å². The summed E-state index contributed by atoms with van der Waals surface area (Å²) in [6, 6.07) is 9.52. The summed E-state index contributed by atoms with van der Waals surface area (Å²) in [6.07, 6.45) is 20.8. The highest BCUT2D eigenvalue weighted by molar-refractivity contribution is 5.76. The van der Waals surface area contributed by atoms with E-state index in [0.717, 1.165) is 25.7 Å². The molecule has 1 aromatic rings. The fourth-order valence-electron chi connectivity index (χ4n) is 4.45. The van der Waals surface area contributed by atoms with Crippen LogP contribution in [0.1, 0.15) is 91.2 Å². The normalized spacial score (nSPS) is 21.1. The van der Waals surface area contributed by atoms with Crippen molar-refractivity contribution in [3.05, 3.63) is 94.1 Å². The molecule has 0 nitrogen and oxygen atoms in total. The Morgan fingerprint density at radius 2 is 1.03 bits per heavy atom. The van der Waals surface area contributed by atoms with Crippen LogP contribution in [-0.4, -0.2) is 0 Å². The van der Waals surface area contributed by atoms with Gasteiger partial charge in [-0.1, -0.05) is 112 Å². The number of benzene rings is 1.